The topological polar surface area (TPSA) is 81.9 Å². The van der Waals surface area contributed by atoms with Crippen molar-refractivity contribution in [1.82, 2.24) is 25.5 Å². The molecule has 0 radical (unpaired) electrons. The van der Waals surface area contributed by atoms with Crippen LogP contribution in [0.25, 0.3) is 11.4 Å². The molecule has 0 bridgehead atoms. The summed E-state index contributed by atoms with van der Waals surface area (Å²) in [4.78, 5) is 13.3. The van der Waals surface area contributed by atoms with Gasteiger partial charge in [-0.2, -0.15) is 4.80 Å². The monoisotopic (exact) mass is 287 g/mol. The number of amides is 1. The van der Waals surface area contributed by atoms with Gasteiger partial charge in [-0.1, -0.05) is 30.3 Å². The number of benzene rings is 1. The van der Waals surface area contributed by atoms with Crippen LogP contribution in [0.3, 0.4) is 0 Å². The van der Waals surface area contributed by atoms with Crippen molar-refractivity contribution in [2.45, 2.75) is 25.4 Å². The molecule has 1 amide bonds. The molecule has 2 aromatic rings. The van der Waals surface area contributed by atoms with E-state index >= 15 is 0 Å². The van der Waals surface area contributed by atoms with E-state index in [9.17, 15) is 4.79 Å². The number of hydrogen-bond acceptors (Lipinski definition) is 5. The fourth-order valence-corrected chi connectivity index (χ4v) is 2.26. The Labute approximate surface area is 122 Å². The zero-order valence-corrected chi connectivity index (χ0v) is 11.6. The van der Waals surface area contributed by atoms with Crippen LogP contribution >= 0.6 is 0 Å². The molecular formula is C14H17N5O2. The van der Waals surface area contributed by atoms with Crippen molar-refractivity contribution in [2.24, 2.45) is 0 Å². The summed E-state index contributed by atoms with van der Waals surface area (Å²) in [6.07, 6.45) is 1.71. The van der Waals surface area contributed by atoms with Gasteiger partial charge in [-0.25, -0.2) is 0 Å². The van der Waals surface area contributed by atoms with Gasteiger partial charge >= 0.3 is 0 Å². The molecule has 7 heteroatoms. The molecular weight excluding hydrogens is 270 g/mol. The van der Waals surface area contributed by atoms with Crippen LogP contribution in [0.15, 0.2) is 30.3 Å². The number of nitrogens with zero attached hydrogens (tertiary/aromatic N) is 4. The lowest BCUT2D eigenvalue weighted by Gasteiger charge is -2.22. The molecule has 21 heavy (non-hydrogen) atoms. The first-order valence-corrected chi connectivity index (χ1v) is 7.01. The van der Waals surface area contributed by atoms with Crippen LogP contribution in [0, 0.1) is 0 Å². The molecule has 1 aromatic carbocycles. The molecule has 1 aliphatic heterocycles. The van der Waals surface area contributed by atoms with Gasteiger partial charge in [-0.05, 0) is 18.1 Å². The maximum atomic E-state index is 11.9. The lowest BCUT2D eigenvalue weighted by Crippen LogP contribution is -2.40. The standard InChI is InChI=1S/C14H17N5O2/c20-13(15-12-6-8-21-9-7-12)10-19-17-14(16-18-19)11-4-2-1-3-5-11/h1-5,12H,6-10H2,(H,15,20). The normalized spacial score (nSPS) is 15.8. The summed E-state index contributed by atoms with van der Waals surface area (Å²) in [5.41, 5.74) is 0.883. The average Bonchev–Trinajstić information content (AvgIpc) is 2.97. The maximum absolute atomic E-state index is 11.9. The van der Waals surface area contributed by atoms with Crippen LogP contribution in [0.5, 0.6) is 0 Å². The van der Waals surface area contributed by atoms with Crippen LogP contribution in [0.4, 0.5) is 0 Å². The van der Waals surface area contributed by atoms with Gasteiger partial charge in [0.05, 0.1) is 0 Å². The first kappa shape index (κ1) is 13.7. The Morgan fingerprint density at radius 1 is 1.29 bits per heavy atom. The third-order valence-corrected chi connectivity index (χ3v) is 3.36. The lowest BCUT2D eigenvalue weighted by atomic mass is 10.1. The van der Waals surface area contributed by atoms with E-state index in [0.717, 1.165) is 18.4 Å². The highest BCUT2D eigenvalue weighted by molar-refractivity contribution is 5.75. The average molecular weight is 287 g/mol. The molecule has 1 aliphatic rings. The number of nitrogens with one attached hydrogen (secondary N) is 1. The molecule has 0 spiro atoms. The second-order valence-corrected chi connectivity index (χ2v) is 4.96. The summed E-state index contributed by atoms with van der Waals surface area (Å²) in [6, 6.07) is 9.74. The number of tetrazole rings is 1. The largest absolute Gasteiger partial charge is 0.381 e. The Morgan fingerprint density at radius 2 is 2.05 bits per heavy atom. The summed E-state index contributed by atoms with van der Waals surface area (Å²) < 4.78 is 5.26. The molecule has 3 rings (SSSR count). The lowest BCUT2D eigenvalue weighted by molar-refractivity contribution is -0.123. The van der Waals surface area contributed by atoms with Gasteiger partial charge < -0.3 is 10.1 Å². The van der Waals surface area contributed by atoms with Gasteiger partial charge in [-0.3, -0.25) is 4.79 Å². The van der Waals surface area contributed by atoms with Crippen LogP contribution in [-0.2, 0) is 16.1 Å². The SMILES string of the molecule is O=C(Cn1nnc(-c2ccccc2)n1)NC1CCOCC1. The van der Waals surface area contributed by atoms with Crippen molar-refractivity contribution in [3.63, 3.8) is 0 Å². The molecule has 7 nitrogen and oxygen atoms in total. The zero-order chi connectivity index (χ0) is 14.5. The second-order valence-electron chi connectivity index (χ2n) is 4.96. The molecule has 0 atom stereocenters. The minimum Gasteiger partial charge on any atom is -0.381 e. The molecule has 0 saturated carbocycles. The predicted octanol–water partition coefficient (Wildman–Crippen LogP) is 0.635. The number of carbonyl (C=O) groups is 1. The highest BCUT2D eigenvalue weighted by Gasteiger charge is 2.17. The minimum absolute atomic E-state index is 0.0805. The molecule has 2 heterocycles. The van der Waals surface area contributed by atoms with Crippen molar-refractivity contribution in [3.05, 3.63) is 30.3 Å². The van der Waals surface area contributed by atoms with Crippen LogP contribution in [0.1, 0.15) is 12.8 Å². The smallest absolute Gasteiger partial charge is 0.243 e. The van der Waals surface area contributed by atoms with E-state index in [4.69, 9.17) is 4.74 Å². The highest BCUT2D eigenvalue weighted by atomic mass is 16.5. The summed E-state index contributed by atoms with van der Waals surface area (Å²) >= 11 is 0. The first-order chi connectivity index (χ1) is 10.3. The third-order valence-electron chi connectivity index (χ3n) is 3.36. The molecule has 1 saturated heterocycles. The fourth-order valence-electron chi connectivity index (χ4n) is 2.26. The number of ether oxygens (including phenoxy) is 1. The Balaban J connectivity index is 1.58. The molecule has 1 aromatic heterocycles. The fraction of sp³-hybridized carbons (Fsp3) is 0.429. The van der Waals surface area contributed by atoms with Crippen LogP contribution in [-0.4, -0.2) is 45.4 Å². The van der Waals surface area contributed by atoms with Gasteiger partial charge in [0.15, 0.2) is 0 Å². The van der Waals surface area contributed by atoms with Gasteiger partial charge in [0.2, 0.25) is 11.7 Å². The zero-order valence-electron chi connectivity index (χ0n) is 11.6. The number of rotatable bonds is 4. The molecule has 0 aliphatic carbocycles. The molecule has 0 unspecified atom stereocenters. The Hall–Kier alpha value is -2.28. The Kier molecular flexibility index (Phi) is 4.20. The first-order valence-electron chi connectivity index (χ1n) is 7.01. The summed E-state index contributed by atoms with van der Waals surface area (Å²) in [5.74, 6) is 0.424. The van der Waals surface area contributed by atoms with Gasteiger partial charge in [0, 0.05) is 24.8 Å². The van der Waals surface area contributed by atoms with Crippen LogP contribution < -0.4 is 5.32 Å². The predicted molar refractivity (Wildman–Crippen MR) is 75.2 cm³/mol. The summed E-state index contributed by atoms with van der Waals surface area (Å²) in [6.45, 7) is 1.48. The molecule has 110 valence electrons. The van der Waals surface area contributed by atoms with Crippen molar-refractivity contribution in [1.29, 1.82) is 0 Å². The van der Waals surface area contributed by atoms with Crippen LogP contribution in [0.2, 0.25) is 0 Å². The van der Waals surface area contributed by atoms with E-state index in [2.05, 4.69) is 20.7 Å². The minimum atomic E-state index is -0.0982. The van der Waals surface area contributed by atoms with E-state index in [-0.39, 0.29) is 18.5 Å². The number of aromatic nitrogens is 4. The Bertz CT molecular complexity index is 592. The summed E-state index contributed by atoms with van der Waals surface area (Å²) in [5, 5.41) is 15.1. The van der Waals surface area contributed by atoms with Crippen molar-refractivity contribution in [2.75, 3.05) is 13.2 Å². The molecule has 1 fully saturated rings. The van der Waals surface area contributed by atoms with E-state index < -0.39 is 0 Å². The molecule has 1 N–H and O–H groups in total. The van der Waals surface area contributed by atoms with E-state index in [1.54, 1.807) is 0 Å². The van der Waals surface area contributed by atoms with Gasteiger partial charge in [0.1, 0.15) is 6.54 Å². The van der Waals surface area contributed by atoms with Crippen molar-refractivity contribution < 1.29 is 9.53 Å². The summed E-state index contributed by atoms with van der Waals surface area (Å²) in [7, 11) is 0. The maximum Gasteiger partial charge on any atom is 0.243 e. The third kappa shape index (κ3) is 3.63. The number of hydrogen-bond donors (Lipinski definition) is 1. The highest BCUT2D eigenvalue weighted by Crippen LogP contribution is 2.11. The van der Waals surface area contributed by atoms with Crippen molar-refractivity contribution >= 4 is 5.91 Å². The quantitative estimate of drug-likeness (QED) is 0.892. The van der Waals surface area contributed by atoms with Gasteiger partial charge in [0.25, 0.3) is 0 Å². The Morgan fingerprint density at radius 3 is 2.81 bits per heavy atom. The van der Waals surface area contributed by atoms with E-state index in [1.807, 2.05) is 30.3 Å². The van der Waals surface area contributed by atoms with E-state index in [0.29, 0.717) is 19.0 Å². The van der Waals surface area contributed by atoms with Gasteiger partial charge in [-0.15, -0.1) is 10.2 Å². The second kappa shape index (κ2) is 6.45. The van der Waals surface area contributed by atoms with E-state index in [1.165, 1.54) is 4.80 Å². The number of carbonyl (C=O) groups excluding carboxylic acids is 1. The van der Waals surface area contributed by atoms with Crippen molar-refractivity contribution in [3.8, 4) is 11.4 Å².